The Bertz CT molecular complexity index is 762. The zero-order valence-corrected chi connectivity index (χ0v) is 14.6. The van der Waals surface area contributed by atoms with E-state index in [1.165, 1.54) is 28.0 Å². The summed E-state index contributed by atoms with van der Waals surface area (Å²) in [7, 11) is 0. The topological polar surface area (TPSA) is 57.1 Å². The van der Waals surface area contributed by atoms with Gasteiger partial charge in [0, 0.05) is 17.5 Å². The van der Waals surface area contributed by atoms with Crippen molar-refractivity contribution in [1.82, 2.24) is 4.98 Å². The van der Waals surface area contributed by atoms with Gasteiger partial charge in [0.05, 0.1) is 15.3 Å². The number of nitrogens with zero attached hydrogens (tertiary/aromatic N) is 2. The largest absolute Gasteiger partial charge is 0.278 e. The van der Waals surface area contributed by atoms with Gasteiger partial charge in [-0.3, -0.25) is 10.2 Å². The van der Waals surface area contributed by atoms with Gasteiger partial charge in [0.15, 0.2) is 10.3 Å². The number of halogens is 2. The van der Waals surface area contributed by atoms with Gasteiger partial charge in [-0.1, -0.05) is 47.1 Å². The van der Waals surface area contributed by atoms with Crippen LogP contribution >= 0.6 is 46.3 Å². The standard InChI is InChI=1S/C14H11Cl2N3OS2/c1-7-12(20)19(13(17)21-7)14-18-6-9(22-14)5-8-3-2-4-10(15)11(8)16/h2-4,6-7,17H,5H2,1H3/t7-/m1/s1. The van der Waals surface area contributed by atoms with E-state index in [-0.39, 0.29) is 16.3 Å². The molecule has 22 heavy (non-hydrogen) atoms. The van der Waals surface area contributed by atoms with Crippen LogP contribution in [0.3, 0.4) is 0 Å². The SMILES string of the molecule is C[C@H]1SC(=N)N(c2ncc(Cc3cccc(Cl)c3Cl)s2)C1=O. The zero-order valence-electron chi connectivity index (χ0n) is 11.5. The maximum Gasteiger partial charge on any atom is 0.248 e. The van der Waals surface area contributed by atoms with Crippen molar-refractivity contribution in [3.63, 3.8) is 0 Å². The average molecular weight is 372 g/mol. The molecule has 8 heteroatoms. The highest BCUT2D eigenvalue weighted by molar-refractivity contribution is 8.16. The number of carbonyl (C=O) groups is 1. The predicted octanol–water partition coefficient (Wildman–Crippen LogP) is 4.44. The highest BCUT2D eigenvalue weighted by atomic mass is 35.5. The van der Waals surface area contributed by atoms with Crippen LogP contribution in [0.4, 0.5) is 5.13 Å². The quantitative estimate of drug-likeness (QED) is 0.866. The van der Waals surface area contributed by atoms with Crippen molar-refractivity contribution in [2.24, 2.45) is 0 Å². The second-order valence-electron chi connectivity index (χ2n) is 4.74. The zero-order chi connectivity index (χ0) is 15.9. The molecule has 1 aliphatic heterocycles. The normalized spacial score (nSPS) is 18.3. The molecule has 1 aliphatic rings. The van der Waals surface area contributed by atoms with Crippen molar-refractivity contribution in [3.05, 3.63) is 44.9 Å². The minimum atomic E-state index is -0.234. The maximum absolute atomic E-state index is 12.1. The Morgan fingerprint density at radius 2 is 2.18 bits per heavy atom. The Morgan fingerprint density at radius 3 is 2.86 bits per heavy atom. The molecule has 0 spiro atoms. The van der Waals surface area contributed by atoms with Crippen LogP contribution in [0.2, 0.25) is 10.0 Å². The highest BCUT2D eigenvalue weighted by Gasteiger charge is 2.36. The van der Waals surface area contributed by atoms with Crippen molar-refractivity contribution in [2.45, 2.75) is 18.6 Å². The molecule has 1 amide bonds. The molecule has 0 radical (unpaired) electrons. The van der Waals surface area contributed by atoms with Gasteiger partial charge in [0.25, 0.3) is 0 Å². The summed E-state index contributed by atoms with van der Waals surface area (Å²) in [5.41, 5.74) is 0.912. The maximum atomic E-state index is 12.1. The number of aromatic nitrogens is 1. The van der Waals surface area contributed by atoms with Crippen LogP contribution in [0, 0.1) is 5.41 Å². The van der Waals surface area contributed by atoms with E-state index in [2.05, 4.69) is 4.98 Å². The Hall–Kier alpha value is -1.08. The Kier molecular flexibility index (Phi) is 4.45. The van der Waals surface area contributed by atoms with E-state index >= 15 is 0 Å². The fourth-order valence-electron chi connectivity index (χ4n) is 2.09. The second-order valence-corrected chi connectivity index (χ2v) is 7.95. The molecule has 1 aromatic heterocycles. The molecule has 3 rings (SSSR count). The van der Waals surface area contributed by atoms with Gasteiger partial charge in [0.2, 0.25) is 5.91 Å². The first-order chi connectivity index (χ1) is 10.5. The number of anilines is 1. The van der Waals surface area contributed by atoms with Gasteiger partial charge in [-0.2, -0.15) is 0 Å². The molecule has 2 aromatic rings. The third-order valence-corrected chi connectivity index (χ3v) is 5.99. The molecule has 1 saturated heterocycles. The Balaban J connectivity index is 1.84. The Morgan fingerprint density at radius 1 is 1.41 bits per heavy atom. The Labute approximate surface area is 146 Å². The van der Waals surface area contributed by atoms with Gasteiger partial charge in [-0.15, -0.1) is 11.3 Å². The average Bonchev–Trinajstić information content (AvgIpc) is 3.01. The van der Waals surface area contributed by atoms with Crippen LogP contribution in [0.15, 0.2) is 24.4 Å². The number of amides is 1. The van der Waals surface area contributed by atoms with Crippen molar-refractivity contribution in [1.29, 1.82) is 5.41 Å². The number of rotatable bonds is 3. The number of thioether (sulfide) groups is 1. The van der Waals surface area contributed by atoms with Gasteiger partial charge in [0.1, 0.15) is 0 Å². The lowest BCUT2D eigenvalue weighted by Crippen LogP contribution is -2.30. The summed E-state index contributed by atoms with van der Waals surface area (Å²) in [4.78, 5) is 18.7. The molecule has 0 unspecified atom stereocenters. The summed E-state index contributed by atoms with van der Waals surface area (Å²) in [6, 6.07) is 5.51. The molecule has 114 valence electrons. The number of amidine groups is 1. The molecule has 4 nitrogen and oxygen atoms in total. The molecule has 0 bridgehead atoms. The smallest absolute Gasteiger partial charge is 0.248 e. The number of thiazole rings is 1. The number of carbonyl (C=O) groups excluding carboxylic acids is 1. The van der Waals surface area contributed by atoms with Gasteiger partial charge < -0.3 is 0 Å². The number of hydrogen-bond acceptors (Lipinski definition) is 5. The fraction of sp³-hybridized carbons (Fsp3) is 0.214. The summed E-state index contributed by atoms with van der Waals surface area (Å²) in [5.74, 6) is -0.100. The fourth-order valence-corrected chi connectivity index (χ4v) is 4.30. The monoisotopic (exact) mass is 371 g/mol. The molecule has 1 aromatic carbocycles. The summed E-state index contributed by atoms with van der Waals surface area (Å²) in [6.45, 7) is 1.79. The van der Waals surface area contributed by atoms with Crippen LogP contribution in [0.25, 0.3) is 0 Å². The summed E-state index contributed by atoms with van der Waals surface area (Å²) < 4.78 is 0. The molecule has 2 heterocycles. The lowest BCUT2D eigenvalue weighted by molar-refractivity contribution is -0.116. The third-order valence-electron chi connectivity index (χ3n) is 3.19. The number of nitrogens with one attached hydrogen (secondary N) is 1. The van der Waals surface area contributed by atoms with E-state index in [1.807, 2.05) is 12.1 Å². The van der Waals surface area contributed by atoms with Crippen LogP contribution < -0.4 is 4.90 Å². The van der Waals surface area contributed by atoms with E-state index in [1.54, 1.807) is 19.2 Å². The number of hydrogen-bond donors (Lipinski definition) is 1. The predicted molar refractivity (Wildman–Crippen MR) is 93.6 cm³/mol. The van der Waals surface area contributed by atoms with Crippen LogP contribution in [-0.4, -0.2) is 21.3 Å². The van der Waals surface area contributed by atoms with E-state index < -0.39 is 0 Å². The lowest BCUT2D eigenvalue weighted by atomic mass is 10.1. The summed E-state index contributed by atoms with van der Waals surface area (Å²) >= 11 is 14.8. The third kappa shape index (κ3) is 2.88. The molecule has 1 N–H and O–H groups in total. The van der Waals surface area contributed by atoms with Crippen molar-refractivity contribution < 1.29 is 4.79 Å². The molecular weight excluding hydrogens is 361 g/mol. The molecular formula is C14H11Cl2N3OS2. The lowest BCUT2D eigenvalue weighted by Gasteiger charge is -2.10. The second kappa shape index (κ2) is 6.20. The van der Waals surface area contributed by atoms with Crippen LogP contribution in [0.5, 0.6) is 0 Å². The van der Waals surface area contributed by atoms with Crippen LogP contribution in [-0.2, 0) is 11.2 Å². The summed E-state index contributed by atoms with van der Waals surface area (Å²) in [5, 5.41) is 9.46. The van der Waals surface area contributed by atoms with E-state index in [4.69, 9.17) is 28.6 Å². The molecule has 1 atom stereocenters. The van der Waals surface area contributed by atoms with E-state index in [0.29, 0.717) is 21.6 Å². The van der Waals surface area contributed by atoms with Crippen molar-refractivity contribution >= 4 is 62.5 Å². The first-order valence-electron chi connectivity index (χ1n) is 6.44. The van der Waals surface area contributed by atoms with Crippen molar-refractivity contribution in [2.75, 3.05) is 4.90 Å². The molecule has 1 fully saturated rings. The van der Waals surface area contributed by atoms with E-state index in [9.17, 15) is 4.79 Å². The van der Waals surface area contributed by atoms with Crippen molar-refractivity contribution in [3.8, 4) is 0 Å². The summed E-state index contributed by atoms with van der Waals surface area (Å²) in [6.07, 6.45) is 2.31. The molecule has 0 saturated carbocycles. The highest BCUT2D eigenvalue weighted by Crippen LogP contribution is 2.35. The minimum absolute atomic E-state index is 0.100. The number of benzene rings is 1. The van der Waals surface area contributed by atoms with Gasteiger partial charge in [-0.05, 0) is 18.6 Å². The van der Waals surface area contributed by atoms with Crippen LogP contribution in [0.1, 0.15) is 17.4 Å². The van der Waals surface area contributed by atoms with E-state index in [0.717, 1.165) is 10.4 Å². The first kappa shape index (κ1) is 15.8. The van der Waals surface area contributed by atoms with Gasteiger partial charge >= 0.3 is 0 Å². The van der Waals surface area contributed by atoms with Gasteiger partial charge in [-0.25, -0.2) is 9.88 Å². The minimum Gasteiger partial charge on any atom is -0.278 e. The molecule has 0 aliphatic carbocycles. The first-order valence-corrected chi connectivity index (χ1v) is 8.89.